The van der Waals surface area contributed by atoms with Crippen LogP contribution < -0.4 is 5.32 Å². The fraction of sp³-hybridized carbons (Fsp3) is 0.929. The van der Waals surface area contributed by atoms with Crippen molar-refractivity contribution >= 4 is 5.91 Å². The van der Waals surface area contributed by atoms with Crippen LogP contribution in [-0.4, -0.2) is 37.0 Å². The minimum atomic E-state index is 0.375. The van der Waals surface area contributed by atoms with E-state index in [4.69, 9.17) is 0 Å². The second-order valence-corrected chi connectivity index (χ2v) is 5.09. The molecule has 1 N–H and O–H groups in total. The number of unbranched alkanes of at least 4 members (excludes halogenated alkanes) is 2. The van der Waals surface area contributed by atoms with Crippen LogP contribution >= 0.6 is 0 Å². The molecule has 0 radical (unpaired) electrons. The van der Waals surface area contributed by atoms with Crippen molar-refractivity contribution in [3.8, 4) is 0 Å². The first kappa shape index (κ1) is 14.5. The van der Waals surface area contributed by atoms with Gasteiger partial charge in [-0.05, 0) is 38.3 Å². The molecular weight excluding hydrogens is 212 g/mol. The third-order valence-electron chi connectivity index (χ3n) is 3.64. The molecule has 3 nitrogen and oxygen atoms in total. The van der Waals surface area contributed by atoms with Gasteiger partial charge in [0.25, 0.3) is 0 Å². The number of nitrogens with one attached hydrogen (secondary N) is 1. The van der Waals surface area contributed by atoms with Gasteiger partial charge in [-0.15, -0.1) is 0 Å². The van der Waals surface area contributed by atoms with Gasteiger partial charge < -0.3 is 10.2 Å². The summed E-state index contributed by atoms with van der Waals surface area (Å²) in [6.45, 7) is 8.44. The molecule has 0 spiro atoms. The molecule has 0 aromatic heterocycles. The van der Waals surface area contributed by atoms with Gasteiger partial charge in [0.15, 0.2) is 0 Å². The first-order valence-corrected chi connectivity index (χ1v) is 7.26. The molecule has 0 aliphatic carbocycles. The van der Waals surface area contributed by atoms with Crippen molar-refractivity contribution in [2.75, 3.05) is 26.2 Å². The molecule has 0 saturated carbocycles. The summed E-state index contributed by atoms with van der Waals surface area (Å²) < 4.78 is 0. The molecule has 1 aliphatic heterocycles. The van der Waals surface area contributed by atoms with Crippen molar-refractivity contribution in [2.45, 2.75) is 52.4 Å². The predicted molar refractivity (Wildman–Crippen MR) is 72.0 cm³/mol. The lowest BCUT2D eigenvalue weighted by molar-refractivity contribution is -0.132. The van der Waals surface area contributed by atoms with E-state index in [9.17, 15) is 4.79 Å². The molecule has 17 heavy (non-hydrogen) atoms. The van der Waals surface area contributed by atoms with Crippen LogP contribution in [0.15, 0.2) is 0 Å². The molecule has 1 saturated heterocycles. The van der Waals surface area contributed by atoms with Gasteiger partial charge in [0.2, 0.25) is 5.91 Å². The Bertz CT molecular complexity index is 210. The number of likely N-dealkylation sites (tertiary alicyclic amines) is 1. The maximum absolute atomic E-state index is 11.9. The van der Waals surface area contributed by atoms with Gasteiger partial charge in [0.1, 0.15) is 0 Å². The van der Waals surface area contributed by atoms with Crippen LogP contribution in [0.1, 0.15) is 52.4 Å². The molecule has 3 heteroatoms. The van der Waals surface area contributed by atoms with E-state index < -0.39 is 0 Å². The van der Waals surface area contributed by atoms with Gasteiger partial charge in [0.05, 0.1) is 0 Å². The molecular formula is C14H28N2O. The second kappa shape index (κ2) is 8.51. The van der Waals surface area contributed by atoms with Crippen LogP contribution in [0.5, 0.6) is 0 Å². The largest absolute Gasteiger partial charge is 0.343 e. The van der Waals surface area contributed by atoms with Gasteiger partial charge in [-0.2, -0.15) is 0 Å². The number of nitrogens with zero attached hydrogens (tertiary/aromatic N) is 1. The molecule has 0 bridgehead atoms. The highest BCUT2D eigenvalue weighted by atomic mass is 16.2. The smallest absolute Gasteiger partial charge is 0.222 e. The Morgan fingerprint density at radius 1 is 1.24 bits per heavy atom. The average molecular weight is 240 g/mol. The Kier molecular flexibility index (Phi) is 7.25. The van der Waals surface area contributed by atoms with Crippen LogP contribution in [0.4, 0.5) is 0 Å². The van der Waals surface area contributed by atoms with Gasteiger partial charge in [-0.3, -0.25) is 4.79 Å². The lowest BCUT2D eigenvalue weighted by Crippen LogP contribution is -2.40. The van der Waals surface area contributed by atoms with E-state index in [-0.39, 0.29) is 0 Å². The van der Waals surface area contributed by atoms with Crippen LogP contribution in [0.3, 0.4) is 0 Å². The number of carbonyl (C=O) groups is 1. The Labute approximate surface area is 106 Å². The number of hydrogen-bond donors (Lipinski definition) is 1. The molecule has 100 valence electrons. The molecule has 1 heterocycles. The third-order valence-corrected chi connectivity index (χ3v) is 3.64. The summed E-state index contributed by atoms with van der Waals surface area (Å²) in [7, 11) is 0. The standard InChI is InChI=1S/C14H28N2O/c1-3-5-6-7-14(17)16-10-8-13(9-11-16)12-15-4-2/h13,15H,3-12H2,1-2H3. The number of amides is 1. The maximum Gasteiger partial charge on any atom is 0.222 e. The van der Waals surface area contributed by atoms with E-state index in [0.29, 0.717) is 5.91 Å². The van der Waals surface area contributed by atoms with E-state index >= 15 is 0 Å². The summed E-state index contributed by atoms with van der Waals surface area (Å²) in [5, 5.41) is 3.40. The van der Waals surface area contributed by atoms with Crippen LogP contribution in [0.25, 0.3) is 0 Å². The first-order chi connectivity index (χ1) is 8.27. The fourth-order valence-electron chi connectivity index (χ4n) is 2.42. The van der Waals surface area contributed by atoms with Gasteiger partial charge in [0, 0.05) is 19.5 Å². The minimum Gasteiger partial charge on any atom is -0.343 e. The molecule has 0 unspecified atom stereocenters. The lowest BCUT2D eigenvalue weighted by atomic mass is 9.96. The van der Waals surface area contributed by atoms with Gasteiger partial charge in [-0.25, -0.2) is 0 Å². The number of carbonyl (C=O) groups excluding carboxylic acids is 1. The first-order valence-electron chi connectivity index (χ1n) is 7.26. The molecule has 1 amide bonds. The SMILES string of the molecule is CCCCCC(=O)N1CCC(CNCC)CC1. The highest BCUT2D eigenvalue weighted by Gasteiger charge is 2.21. The zero-order valence-corrected chi connectivity index (χ0v) is 11.5. The van der Waals surface area contributed by atoms with Crippen molar-refractivity contribution in [2.24, 2.45) is 5.92 Å². The van der Waals surface area contributed by atoms with Crippen molar-refractivity contribution in [1.29, 1.82) is 0 Å². The molecule has 1 fully saturated rings. The summed E-state index contributed by atoms with van der Waals surface area (Å²) in [5.74, 6) is 1.15. The topological polar surface area (TPSA) is 32.3 Å². The van der Waals surface area contributed by atoms with Crippen molar-refractivity contribution < 1.29 is 4.79 Å². The molecule has 0 aromatic carbocycles. The normalized spacial score (nSPS) is 17.4. The number of rotatable bonds is 7. The van der Waals surface area contributed by atoms with E-state index in [2.05, 4.69) is 24.1 Å². The Balaban J connectivity index is 2.15. The molecule has 0 aromatic rings. The van der Waals surface area contributed by atoms with Crippen LogP contribution in [-0.2, 0) is 4.79 Å². The maximum atomic E-state index is 11.9. The highest BCUT2D eigenvalue weighted by Crippen LogP contribution is 2.17. The molecule has 1 aliphatic rings. The average Bonchev–Trinajstić information content (AvgIpc) is 2.37. The number of piperidine rings is 1. The zero-order valence-electron chi connectivity index (χ0n) is 11.5. The van der Waals surface area contributed by atoms with Crippen molar-refractivity contribution in [3.63, 3.8) is 0 Å². The quantitative estimate of drug-likeness (QED) is 0.693. The lowest BCUT2D eigenvalue weighted by Gasteiger charge is -2.32. The summed E-state index contributed by atoms with van der Waals surface area (Å²) >= 11 is 0. The Hall–Kier alpha value is -0.570. The van der Waals surface area contributed by atoms with Crippen molar-refractivity contribution in [3.05, 3.63) is 0 Å². The second-order valence-electron chi connectivity index (χ2n) is 5.09. The van der Waals surface area contributed by atoms with Gasteiger partial charge in [-0.1, -0.05) is 26.7 Å². The van der Waals surface area contributed by atoms with Gasteiger partial charge >= 0.3 is 0 Å². The van der Waals surface area contributed by atoms with E-state index in [0.717, 1.165) is 44.9 Å². The van der Waals surface area contributed by atoms with E-state index in [1.165, 1.54) is 25.7 Å². The monoisotopic (exact) mass is 240 g/mol. The van der Waals surface area contributed by atoms with Crippen LogP contribution in [0.2, 0.25) is 0 Å². The Morgan fingerprint density at radius 2 is 1.94 bits per heavy atom. The number of hydrogen-bond acceptors (Lipinski definition) is 2. The summed E-state index contributed by atoms with van der Waals surface area (Å²) in [5.41, 5.74) is 0. The predicted octanol–water partition coefficient (Wildman–Crippen LogP) is 2.41. The summed E-state index contributed by atoms with van der Waals surface area (Å²) in [4.78, 5) is 14.0. The molecule has 1 rings (SSSR count). The van der Waals surface area contributed by atoms with E-state index in [1.807, 2.05) is 0 Å². The minimum absolute atomic E-state index is 0.375. The van der Waals surface area contributed by atoms with Crippen LogP contribution in [0, 0.1) is 5.92 Å². The summed E-state index contributed by atoms with van der Waals surface area (Å²) in [6.07, 6.45) is 6.54. The van der Waals surface area contributed by atoms with Crippen molar-refractivity contribution in [1.82, 2.24) is 10.2 Å². The fourth-order valence-corrected chi connectivity index (χ4v) is 2.42. The summed E-state index contributed by atoms with van der Waals surface area (Å²) in [6, 6.07) is 0. The van der Waals surface area contributed by atoms with E-state index in [1.54, 1.807) is 0 Å². The molecule has 0 atom stereocenters. The third kappa shape index (κ3) is 5.53. The Morgan fingerprint density at radius 3 is 2.53 bits per heavy atom. The highest BCUT2D eigenvalue weighted by molar-refractivity contribution is 5.76. The zero-order chi connectivity index (χ0) is 12.5.